The lowest BCUT2D eigenvalue weighted by molar-refractivity contribution is -0.137. The first-order chi connectivity index (χ1) is 18.1. The number of phenolic OH excluding ortho intramolecular Hbond substituents is 1. The van der Waals surface area contributed by atoms with E-state index in [2.05, 4.69) is 0 Å². The van der Waals surface area contributed by atoms with Crippen molar-refractivity contribution in [1.82, 2.24) is 4.90 Å². The Morgan fingerprint density at radius 1 is 1.00 bits per heavy atom. The third-order valence-electron chi connectivity index (χ3n) is 6.91. The lowest BCUT2D eigenvalue weighted by atomic mass is 9.84. The van der Waals surface area contributed by atoms with Crippen molar-refractivity contribution >= 4 is 28.5 Å². The van der Waals surface area contributed by atoms with Gasteiger partial charge >= 0.3 is 6.18 Å². The third kappa shape index (κ3) is 4.26. The van der Waals surface area contributed by atoms with E-state index in [1.54, 1.807) is 29.2 Å². The fraction of sp³-hybridized carbons (Fsp3) is 0.200. The van der Waals surface area contributed by atoms with E-state index < -0.39 is 23.1 Å². The average molecular weight is 520 g/mol. The van der Waals surface area contributed by atoms with Gasteiger partial charge in [0.1, 0.15) is 17.1 Å². The highest BCUT2D eigenvalue weighted by atomic mass is 19.4. The minimum absolute atomic E-state index is 0.103. The number of alkyl halides is 3. The maximum atomic E-state index is 13.8. The first kappa shape index (κ1) is 25.3. The smallest absolute Gasteiger partial charge is 0.416 e. The molecule has 3 aromatic carbocycles. The number of benzene rings is 3. The van der Waals surface area contributed by atoms with Crippen molar-refractivity contribution in [3.8, 4) is 5.75 Å². The molecule has 0 saturated heterocycles. The molecule has 1 aromatic heterocycles. The van der Waals surface area contributed by atoms with Crippen LogP contribution < -0.4 is 5.43 Å². The fourth-order valence-corrected chi connectivity index (χ4v) is 4.98. The van der Waals surface area contributed by atoms with Crippen LogP contribution in [0.2, 0.25) is 0 Å². The second-order valence-electron chi connectivity index (χ2n) is 9.07. The van der Waals surface area contributed by atoms with Crippen LogP contribution in [0.25, 0.3) is 22.6 Å². The van der Waals surface area contributed by atoms with Crippen LogP contribution >= 0.6 is 0 Å². The summed E-state index contributed by atoms with van der Waals surface area (Å²) in [6.45, 7) is 4.63. The van der Waals surface area contributed by atoms with E-state index in [0.717, 1.165) is 12.1 Å². The number of carbonyl (C=O) groups is 1. The molecule has 0 saturated carbocycles. The molecule has 1 aliphatic carbocycles. The molecule has 0 spiro atoms. The van der Waals surface area contributed by atoms with E-state index in [-0.39, 0.29) is 33.9 Å². The average Bonchev–Trinajstić information content (AvgIpc) is 3.03. The summed E-state index contributed by atoms with van der Waals surface area (Å²) in [5, 5.41) is 10.2. The molecular formula is C30H24F3NO4. The van der Waals surface area contributed by atoms with Gasteiger partial charge < -0.3 is 14.4 Å². The summed E-state index contributed by atoms with van der Waals surface area (Å²) in [4.78, 5) is 29.1. The minimum Gasteiger partial charge on any atom is -0.508 e. The Morgan fingerprint density at radius 2 is 1.68 bits per heavy atom. The summed E-state index contributed by atoms with van der Waals surface area (Å²) in [5.74, 6) is -0.982. The van der Waals surface area contributed by atoms with Crippen LogP contribution in [0.4, 0.5) is 13.2 Å². The number of aromatic hydroxyl groups is 1. The number of nitrogens with zero attached hydrogens (tertiary/aromatic N) is 1. The lowest BCUT2D eigenvalue weighted by Gasteiger charge is -2.23. The van der Waals surface area contributed by atoms with Gasteiger partial charge in [0.2, 0.25) is 0 Å². The first-order valence-corrected chi connectivity index (χ1v) is 12.2. The molecule has 5 rings (SSSR count). The van der Waals surface area contributed by atoms with Gasteiger partial charge in [-0.05, 0) is 60.9 Å². The maximum Gasteiger partial charge on any atom is 0.416 e. The Hall–Kier alpha value is -4.33. The number of amides is 1. The largest absolute Gasteiger partial charge is 0.508 e. The highest BCUT2D eigenvalue weighted by Crippen LogP contribution is 2.43. The van der Waals surface area contributed by atoms with Crippen molar-refractivity contribution in [2.24, 2.45) is 0 Å². The Balaban J connectivity index is 1.86. The van der Waals surface area contributed by atoms with Crippen LogP contribution in [0.15, 0.2) is 75.9 Å². The molecule has 4 aromatic rings. The minimum atomic E-state index is -4.51. The van der Waals surface area contributed by atoms with Crippen molar-refractivity contribution in [3.05, 3.63) is 111 Å². The highest BCUT2D eigenvalue weighted by Gasteiger charge is 2.35. The zero-order valence-corrected chi connectivity index (χ0v) is 20.7. The van der Waals surface area contributed by atoms with E-state index in [0.29, 0.717) is 35.4 Å². The molecule has 1 amide bonds. The molecule has 0 bridgehead atoms. The number of carbonyl (C=O) groups excluding carboxylic acids is 1. The van der Waals surface area contributed by atoms with Crippen molar-refractivity contribution in [2.75, 3.05) is 13.1 Å². The molecule has 194 valence electrons. The number of rotatable bonds is 4. The number of hydrogen-bond donors (Lipinski definition) is 1. The number of likely N-dealkylation sites (N-methyl/N-ethyl adjacent to an activating group) is 1. The van der Waals surface area contributed by atoms with Crippen LogP contribution in [0.5, 0.6) is 5.75 Å². The Labute approximate surface area is 216 Å². The number of fused-ring (bicyclic) bond motifs is 3. The monoisotopic (exact) mass is 519 g/mol. The molecule has 0 fully saturated rings. The Morgan fingerprint density at radius 3 is 2.34 bits per heavy atom. The number of hydrogen-bond acceptors (Lipinski definition) is 4. The maximum absolute atomic E-state index is 13.8. The van der Waals surface area contributed by atoms with Crippen LogP contribution in [-0.4, -0.2) is 29.0 Å². The van der Waals surface area contributed by atoms with E-state index >= 15 is 0 Å². The standard InChI is InChI=1S/C30H24F3NO4/c1-3-34(4-2)29(37)23-16-24-27(36)22-14-13-19(35)15-25(22)38-28(24)26(21-8-6-5-7-20(21)23)17-9-11-18(12-10-17)30(31,32)33/h5-16,26,35H,3-4H2,1-2H3. The Bertz CT molecular complexity index is 1630. The molecule has 1 unspecified atom stereocenters. The predicted octanol–water partition coefficient (Wildman–Crippen LogP) is 6.42. The van der Waals surface area contributed by atoms with Crippen molar-refractivity contribution in [2.45, 2.75) is 25.9 Å². The van der Waals surface area contributed by atoms with Crippen LogP contribution in [0, 0.1) is 0 Å². The molecule has 5 nitrogen and oxygen atoms in total. The van der Waals surface area contributed by atoms with E-state index in [1.165, 1.54) is 36.4 Å². The van der Waals surface area contributed by atoms with E-state index in [1.807, 2.05) is 13.8 Å². The zero-order chi connectivity index (χ0) is 27.2. The van der Waals surface area contributed by atoms with Crippen LogP contribution in [0.1, 0.15) is 53.3 Å². The molecule has 0 aliphatic heterocycles. The summed E-state index contributed by atoms with van der Waals surface area (Å²) >= 11 is 0. The zero-order valence-electron chi connectivity index (χ0n) is 20.7. The van der Waals surface area contributed by atoms with Crippen molar-refractivity contribution in [1.29, 1.82) is 0 Å². The number of phenols is 1. The van der Waals surface area contributed by atoms with Gasteiger partial charge in [-0.3, -0.25) is 9.59 Å². The summed E-state index contributed by atoms with van der Waals surface area (Å²) < 4.78 is 46.2. The van der Waals surface area contributed by atoms with Crippen molar-refractivity contribution < 1.29 is 27.5 Å². The molecule has 1 N–H and O–H groups in total. The van der Waals surface area contributed by atoms with Gasteiger partial charge in [0.25, 0.3) is 5.91 Å². The van der Waals surface area contributed by atoms with Gasteiger partial charge in [0, 0.05) is 24.7 Å². The predicted molar refractivity (Wildman–Crippen MR) is 139 cm³/mol. The quantitative estimate of drug-likeness (QED) is 0.338. The van der Waals surface area contributed by atoms with Crippen molar-refractivity contribution in [3.63, 3.8) is 0 Å². The second-order valence-corrected chi connectivity index (χ2v) is 9.07. The van der Waals surface area contributed by atoms with E-state index in [4.69, 9.17) is 4.42 Å². The van der Waals surface area contributed by atoms with Gasteiger partial charge in [0.15, 0.2) is 5.43 Å². The van der Waals surface area contributed by atoms with Gasteiger partial charge in [-0.2, -0.15) is 13.2 Å². The summed E-state index contributed by atoms with van der Waals surface area (Å²) in [5.41, 5.74) is 0.992. The van der Waals surface area contributed by atoms with Crippen LogP contribution in [0.3, 0.4) is 0 Å². The normalized spacial score (nSPS) is 14.9. The SMILES string of the molecule is CCN(CC)C(=O)C1=Cc2c(oc3cc(O)ccc3c2=O)C(c2ccc(C(F)(F)F)cc2)c2ccccc21. The first-order valence-electron chi connectivity index (χ1n) is 12.2. The number of halogens is 3. The van der Waals surface area contributed by atoms with Gasteiger partial charge in [-0.1, -0.05) is 36.4 Å². The summed E-state index contributed by atoms with van der Waals surface area (Å²) in [7, 11) is 0. The van der Waals surface area contributed by atoms with Gasteiger partial charge in [-0.25, -0.2) is 0 Å². The molecule has 1 atom stereocenters. The van der Waals surface area contributed by atoms with E-state index in [9.17, 15) is 27.9 Å². The molecule has 0 radical (unpaired) electrons. The topological polar surface area (TPSA) is 70.8 Å². The summed E-state index contributed by atoms with van der Waals surface area (Å²) in [6.07, 6.45) is -2.99. The second kappa shape index (κ2) is 9.52. The molecule has 38 heavy (non-hydrogen) atoms. The Kier molecular flexibility index (Phi) is 6.34. The molecular weight excluding hydrogens is 495 g/mol. The van der Waals surface area contributed by atoms with Gasteiger partial charge in [0.05, 0.1) is 22.4 Å². The van der Waals surface area contributed by atoms with Gasteiger partial charge in [-0.15, -0.1) is 0 Å². The summed E-state index contributed by atoms with van der Waals surface area (Å²) in [6, 6.07) is 15.9. The lowest BCUT2D eigenvalue weighted by Crippen LogP contribution is -2.31. The molecule has 1 aliphatic rings. The van der Waals surface area contributed by atoms with Crippen LogP contribution in [-0.2, 0) is 11.0 Å². The fourth-order valence-electron chi connectivity index (χ4n) is 4.98. The third-order valence-corrected chi connectivity index (χ3v) is 6.91. The molecule has 8 heteroatoms. The highest BCUT2D eigenvalue weighted by molar-refractivity contribution is 6.25. The molecule has 1 heterocycles.